The summed E-state index contributed by atoms with van der Waals surface area (Å²) in [6.45, 7) is 1.96. The fourth-order valence-electron chi connectivity index (χ4n) is 3.56. The van der Waals surface area contributed by atoms with Crippen LogP contribution < -0.4 is 11.1 Å². The molecular formula is C21H20F2N4O2S. The Morgan fingerprint density at radius 2 is 2.03 bits per heavy atom. The van der Waals surface area contributed by atoms with Gasteiger partial charge in [0.1, 0.15) is 22.3 Å². The van der Waals surface area contributed by atoms with Crippen LogP contribution in [0.2, 0.25) is 0 Å². The average molecular weight is 430 g/mol. The molecule has 1 aliphatic rings. The molecule has 1 aromatic carbocycles. The van der Waals surface area contributed by atoms with Crippen molar-refractivity contribution in [3.63, 3.8) is 0 Å². The van der Waals surface area contributed by atoms with Crippen LogP contribution in [0.3, 0.4) is 0 Å². The van der Waals surface area contributed by atoms with Crippen molar-refractivity contribution in [2.75, 3.05) is 5.32 Å². The normalized spacial score (nSPS) is 21.4. The monoisotopic (exact) mass is 430 g/mol. The number of anilines is 1. The number of nitrogens with zero attached hydrogens (tertiary/aromatic N) is 2. The van der Waals surface area contributed by atoms with Gasteiger partial charge in [-0.2, -0.15) is 0 Å². The lowest BCUT2D eigenvalue weighted by molar-refractivity contribution is -0.0483. The molecule has 0 spiro atoms. The van der Waals surface area contributed by atoms with Gasteiger partial charge in [-0.1, -0.05) is 6.07 Å². The number of carbonyl (C=O) groups excluding carboxylic acids is 1. The molecule has 0 aliphatic carbocycles. The Labute approximate surface area is 176 Å². The average Bonchev–Trinajstić information content (AvgIpc) is 3.17. The standard InChI is InChI=1S/C21H20F2N4O2S/c1-11-7-12(24)8-18(29-11)13-5-6-25-9-16(13)26-20(28)17-10-30-21(27-17)19-14(22)3-2-4-15(19)23/h2-6,9-12,18H,7-8,24H2,1H3,(H,26,28)/t11-,12-,18-/m0/s1. The predicted octanol–water partition coefficient (Wildman–Crippen LogP) is 4.30. The highest BCUT2D eigenvalue weighted by Gasteiger charge is 2.28. The van der Waals surface area contributed by atoms with Gasteiger partial charge in [-0.15, -0.1) is 11.3 Å². The Hall–Kier alpha value is -2.75. The van der Waals surface area contributed by atoms with Crippen LogP contribution in [0.15, 0.2) is 42.0 Å². The van der Waals surface area contributed by atoms with Crippen molar-refractivity contribution in [2.45, 2.75) is 38.0 Å². The van der Waals surface area contributed by atoms with E-state index in [1.54, 1.807) is 12.3 Å². The summed E-state index contributed by atoms with van der Waals surface area (Å²) in [5.41, 5.74) is 7.19. The lowest BCUT2D eigenvalue weighted by atomic mass is 9.95. The van der Waals surface area contributed by atoms with Crippen LogP contribution in [0, 0.1) is 11.6 Å². The van der Waals surface area contributed by atoms with Crippen LogP contribution in [0.1, 0.15) is 41.9 Å². The SMILES string of the molecule is C[C@H]1C[C@H](N)C[C@@H](c2ccncc2NC(=O)c2csc(-c3c(F)cccc3F)n2)O1. The van der Waals surface area contributed by atoms with Crippen LogP contribution in [0.5, 0.6) is 0 Å². The fraction of sp³-hybridized carbons (Fsp3) is 0.286. The number of nitrogens with two attached hydrogens (primary N) is 1. The number of benzene rings is 1. The molecule has 1 fully saturated rings. The second-order valence-electron chi connectivity index (χ2n) is 7.22. The molecule has 4 rings (SSSR count). The summed E-state index contributed by atoms with van der Waals surface area (Å²) in [5.74, 6) is -1.96. The van der Waals surface area contributed by atoms with Crippen molar-refractivity contribution in [2.24, 2.45) is 5.73 Å². The summed E-state index contributed by atoms with van der Waals surface area (Å²) in [5, 5.41) is 4.34. The van der Waals surface area contributed by atoms with E-state index in [1.165, 1.54) is 17.6 Å². The van der Waals surface area contributed by atoms with Crippen molar-refractivity contribution in [3.8, 4) is 10.6 Å². The molecule has 0 saturated carbocycles. The Balaban J connectivity index is 1.57. The largest absolute Gasteiger partial charge is 0.370 e. The number of hydrogen-bond acceptors (Lipinski definition) is 6. The molecule has 1 aliphatic heterocycles. The number of halogens is 2. The molecule has 1 saturated heterocycles. The van der Waals surface area contributed by atoms with Crippen molar-refractivity contribution in [3.05, 3.63) is 64.9 Å². The van der Waals surface area contributed by atoms with E-state index in [-0.39, 0.29) is 34.5 Å². The number of rotatable bonds is 4. The van der Waals surface area contributed by atoms with E-state index in [0.717, 1.165) is 35.5 Å². The van der Waals surface area contributed by atoms with Crippen molar-refractivity contribution in [1.29, 1.82) is 0 Å². The molecule has 3 aromatic rings. The summed E-state index contributed by atoms with van der Waals surface area (Å²) in [6, 6.07) is 5.37. The number of hydrogen-bond donors (Lipinski definition) is 2. The van der Waals surface area contributed by atoms with Gasteiger partial charge in [0.05, 0.1) is 29.7 Å². The van der Waals surface area contributed by atoms with Gasteiger partial charge in [-0.3, -0.25) is 9.78 Å². The number of thiazole rings is 1. The van der Waals surface area contributed by atoms with Gasteiger partial charge < -0.3 is 15.8 Å². The molecule has 3 heterocycles. The van der Waals surface area contributed by atoms with Gasteiger partial charge in [0.15, 0.2) is 0 Å². The summed E-state index contributed by atoms with van der Waals surface area (Å²) >= 11 is 0.994. The van der Waals surface area contributed by atoms with E-state index < -0.39 is 17.5 Å². The number of nitrogens with one attached hydrogen (secondary N) is 1. The number of ether oxygens (including phenoxy) is 1. The fourth-order valence-corrected chi connectivity index (χ4v) is 4.41. The lowest BCUT2D eigenvalue weighted by Gasteiger charge is -2.33. The molecule has 0 radical (unpaired) electrons. The van der Waals surface area contributed by atoms with E-state index in [1.807, 2.05) is 6.92 Å². The Morgan fingerprint density at radius 3 is 2.77 bits per heavy atom. The Bertz CT molecular complexity index is 1040. The van der Waals surface area contributed by atoms with Gasteiger partial charge in [0.25, 0.3) is 5.91 Å². The van der Waals surface area contributed by atoms with E-state index >= 15 is 0 Å². The first-order valence-electron chi connectivity index (χ1n) is 9.48. The van der Waals surface area contributed by atoms with Crippen LogP contribution in [0.4, 0.5) is 14.5 Å². The molecule has 30 heavy (non-hydrogen) atoms. The summed E-state index contributed by atoms with van der Waals surface area (Å²) in [7, 11) is 0. The van der Waals surface area contributed by atoms with E-state index in [2.05, 4.69) is 15.3 Å². The number of pyridine rings is 1. The molecule has 3 atom stereocenters. The maximum Gasteiger partial charge on any atom is 0.275 e. The third kappa shape index (κ3) is 4.23. The number of aromatic nitrogens is 2. The van der Waals surface area contributed by atoms with Gasteiger partial charge in [-0.25, -0.2) is 13.8 Å². The van der Waals surface area contributed by atoms with E-state index in [0.29, 0.717) is 12.1 Å². The minimum Gasteiger partial charge on any atom is -0.370 e. The van der Waals surface area contributed by atoms with Crippen LogP contribution in [-0.4, -0.2) is 28.0 Å². The van der Waals surface area contributed by atoms with Crippen molar-refractivity contribution >= 4 is 22.9 Å². The summed E-state index contributed by atoms with van der Waals surface area (Å²) in [4.78, 5) is 20.9. The third-order valence-electron chi connectivity index (χ3n) is 4.91. The molecular weight excluding hydrogens is 410 g/mol. The van der Waals surface area contributed by atoms with Crippen LogP contribution in [-0.2, 0) is 4.74 Å². The van der Waals surface area contributed by atoms with Gasteiger partial charge in [-0.05, 0) is 38.0 Å². The predicted molar refractivity (Wildman–Crippen MR) is 110 cm³/mol. The first-order valence-corrected chi connectivity index (χ1v) is 10.4. The van der Waals surface area contributed by atoms with Gasteiger partial charge >= 0.3 is 0 Å². The molecule has 0 bridgehead atoms. The molecule has 6 nitrogen and oxygen atoms in total. The zero-order chi connectivity index (χ0) is 21.3. The third-order valence-corrected chi connectivity index (χ3v) is 5.77. The highest BCUT2D eigenvalue weighted by Crippen LogP contribution is 2.35. The minimum absolute atomic E-state index is 0.00670. The summed E-state index contributed by atoms with van der Waals surface area (Å²) < 4.78 is 34.0. The maximum atomic E-state index is 14.0. The molecule has 1 amide bonds. The van der Waals surface area contributed by atoms with Crippen molar-refractivity contribution < 1.29 is 18.3 Å². The van der Waals surface area contributed by atoms with Crippen LogP contribution in [0.25, 0.3) is 10.6 Å². The molecule has 3 N–H and O–H groups in total. The lowest BCUT2D eigenvalue weighted by Crippen LogP contribution is -2.35. The second-order valence-corrected chi connectivity index (χ2v) is 8.08. The highest BCUT2D eigenvalue weighted by atomic mass is 32.1. The van der Waals surface area contributed by atoms with Gasteiger partial charge in [0.2, 0.25) is 0 Å². The Morgan fingerprint density at radius 1 is 1.27 bits per heavy atom. The number of amides is 1. The van der Waals surface area contributed by atoms with Gasteiger partial charge in [0, 0.05) is 23.2 Å². The number of carbonyl (C=O) groups is 1. The molecule has 2 aromatic heterocycles. The first kappa shape index (κ1) is 20.5. The smallest absolute Gasteiger partial charge is 0.275 e. The maximum absolute atomic E-state index is 14.0. The molecule has 156 valence electrons. The van der Waals surface area contributed by atoms with E-state index in [4.69, 9.17) is 10.5 Å². The molecule has 0 unspecified atom stereocenters. The van der Waals surface area contributed by atoms with Crippen LogP contribution >= 0.6 is 11.3 Å². The summed E-state index contributed by atoms with van der Waals surface area (Å²) in [6.07, 6.45) is 4.31. The van der Waals surface area contributed by atoms with Crippen molar-refractivity contribution in [1.82, 2.24) is 9.97 Å². The zero-order valence-electron chi connectivity index (χ0n) is 16.1. The Kier molecular flexibility index (Phi) is 5.85. The minimum atomic E-state index is -0.731. The first-order chi connectivity index (χ1) is 14.4. The van der Waals surface area contributed by atoms with E-state index in [9.17, 15) is 13.6 Å². The zero-order valence-corrected chi connectivity index (χ0v) is 17.0. The topological polar surface area (TPSA) is 90.1 Å². The molecule has 9 heteroatoms. The highest BCUT2D eigenvalue weighted by molar-refractivity contribution is 7.13. The quantitative estimate of drug-likeness (QED) is 0.644. The second kappa shape index (κ2) is 8.55.